The molecule has 1 aromatic rings. The molecule has 0 spiro atoms. The van der Waals surface area contributed by atoms with E-state index < -0.39 is 24.0 Å². The molecular formula is C4HF6LiN3. The molecule has 0 bridgehead atoms. The first kappa shape index (κ1) is 13.3. The van der Waals surface area contributed by atoms with Crippen LogP contribution >= 0.6 is 0 Å². The van der Waals surface area contributed by atoms with E-state index >= 15 is 0 Å². The van der Waals surface area contributed by atoms with Gasteiger partial charge in [-0.05, 0) is 0 Å². The number of alkyl halides is 6. The minimum atomic E-state index is -4.97. The van der Waals surface area contributed by atoms with Gasteiger partial charge in [0.25, 0.3) is 5.82 Å². The molecular weight excluding hydrogens is 211 g/mol. The Balaban J connectivity index is 0.00000169. The molecule has 0 aliphatic rings. The first-order valence-electron chi connectivity index (χ1n) is 2.78. The third kappa shape index (κ3) is 2.92. The van der Waals surface area contributed by atoms with Crippen molar-refractivity contribution in [3.63, 3.8) is 0 Å². The molecule has 3 nitrogen and oxygen atoms in total. The molecule has 0 saturated heterocycles. The molecule has 0 atom stereocenters. The zero-order valence-electron chi connectivity index (χ0n) is 6.66. The number of H-pyrrole nitrogens is 1. The quantitative estimate of drug-likeness (QED) is 0.522. The maximum atomic E-state index is 11.7. The van der Waals surface area contributed by atoms with Crippen LogP contribution in [0.25, 0.3) is 0 Å². The van der Waals surface area contributed by atoms with Crippen LogP contribution in [0.5, 0.6) is 0 Å². The van der Waals surface area contributed by atoms with Crippen molar-refractivity contribution in [1.29, 1.82) is 0 Å². The maximum absolute atomic E-state index is 11.7. The van der Waals surface area contributed by atoms with Crippen molar-refractivity contribution in [2.75, 3.05) is 0 Å². The Morgan fingerprint density at radius 3 is 1.64 bits per heavy atom. The normalized spacial score (nSPS) is 12.4. The molecule has 1 N–H and O–H groups in total. The molecule has 10 heteroatoms. The Hall–Kier alpha value is -0.683. The fraction of sp³-hybridized carbons (Fsp3) is 0.500. The number of aromatic nitrogens is 3. The molecule has 75 valence electrons. The Kier molecular flexibility index (Phi) is 3.64. The molecule has 1 heterocycles. The summed E-state index contributed by atoms with van der Waals surface area (Å²) in [5.74, 6) is -3.60. The second-order valence-corrected chi connectivity index (χ2v) is 2.00. The van der Waals surface area contributed by atoms with Crippen molar-refractivity contribution in [2.24, 2.45) is 0 Å². The largest absolute Gasteiger partial charge is 0.453 e. The third-order valence-corrected chi connectivity index (χ3v) is 1.01. The number of hydrogen-bond acceptors (Lipinski definition) is 2. The monoisotopic (exact) mass is 212 g/mol. The molecule has 1 aromatic heterocycles. The number of hydrogen-bond donors (Lipinski definition) is 1. The van der Waals surface area contributed by atoms with Crippen LogP contribution in [0, 0.1) is 0 Å². The van der Waals surface area contributed by atoms with Gasteiger partial charge in [-0.1, -0.05) is 0 Å². The number of aromatic amines is 1. The molecule has 0 fully saturated rings. The first-order chi connectivity index (χ1) is 5.71. The predicted octanol–water partition coefficient (Wildman–Crippen LogP) is 1.46. The number of rotatable bonds is 0. The molecule has 0 aliphatic heterocycles. The van der Waals surface area contributed by atoms with Crippen LogP contribution in [0.3, 0.4) is 0 Å². The van der Waals surface area contributed by atoms with Crippen molar-refractivity contribution in [3.05, 3.63) is 11.6 Å². The van der Waals surface area contributed by atoms with E-state index in [4.69, 9.17) is 0 Å². The molecule has 0 aromatic carbocycles. The van der Waals surface area contributed by atoms with Crippen LogP contribution < -0.4 is 0 Å². The average molecular weight is 212 g/mol. The molecule has 1 rings (SSSR count). The van der Waals surface area contributed by atoms with Gasteiger partial charge in [-0.3, -0.25) is 5.10 Å². The maximum Gasteiger partial charge on any atom is 0.453 e. The fourth-order valence-electron chi connectivity index (χ4n) is 0.515. The predicted molar refractivity (Wildman–Crippen MR) is 32.1 cm³/mol. The summed E-state index contributed by atoms with van der Waals surface area (Å²) in [6.45, 7) is 0. The summed E-state index contributed by atoms with van der Waals surface area (Å²) in [5, 5.41) is 3.52. The number of nitrogens with one attached hydrogen (secondary N) is 1. The van der Waals surface area contributed by atoms with E-state index in [0.29, 0.717) is 0 Å². The topological polar surface area (TPSA) is 41.6 Å². The van der Waals surface area contributed by atoms with Crippen LogP contribution in [-0.4, -0.2) is 34.0 Å². The van der Waals surface area contributed by atoms with Gasteiger partial charge in [-0.25, -0.2) is 0 Å². The Labute approximate surface area is 85.1 Å². The van der Waals surface area contributed by atoms with Crippen molar-refractivity contribution in [3.8, 4) is 0 Å². The van der Waals surface area contributed by atoms with E-state index in [1.165, 1.54) is 0 Å². The van der Waals surface area contributed by atoms with Crippen molar-refractivity contribution < 1.29 is 26.3 Å². The van der Waals surface area contributed by atoms with E-state index in [1.54, 1.807) is 0 Å². The number of nitrogens with zero attached hydrogens (tertiary/aromatic N) is 2. The summed E-state index contributed by atoms with van der Waals surface area (Å²) >= 11 is 0. The van der Waals surface area contributed by atoms with E-state index in [2.05, 4.69) is 10.1 Å². The van der Waals surface area contributed by atoms with Gasteiger partial charge in [-0.2, -0.15) is 31.3 Å². The van der Waals surface area contributed by atoms with Gasteiger partial charge in [0.2, 0.25) is 5.82 Å². The Morgan fingerprint density at radius 2 is 1.43 bits per heavy atom. The SMILES string of the molecule is FC(F)(F)c1n[nH]c(C(F)(F)F)n1.[Li]. The zero-order chi connectivity index (χ0) is 10.3. The third-order valence-electron chi connectivity index (χ3n) is 1.01. The van der Waals surface area contributed by atoms with Crippen LogP contribution in [0.1, 0.15) is 11.6 Å². The van der Waals surface area contributed by atoms with Gasteiger partial charge in [0.15, 0.2) is 0 Å². The first-order valence-corrected chi connectivity index (χ1v) is 2.78. The van der Waals surface area contributed by atoms with Gasteiger partial charge in [0, 0.05) is 18.9 Å². The minimum absolute atomic E-state index is 0. The molecule has 0 unspecified atom stereocenters. The molecule has 0 amide bonds. The molecule has 1 radical (unpaired) electrons. The van der Waals surface area contributed by atoms with E-state index in [9.17, 15) is 26.3 Å². The molecule has 0 saturated carbocycles. The summed E-state index contributed by atoms with van der Waals surface area (Å²) in [7, 11) is 0. The van der Waals surface area contributed by atoms with Gasteiger partial charge in [0.05, 0.1) is 0 Å². The second-order valence-electron chi connectivity index (χ2n) is 2.00. The van der Waals surface area contributed by atoms with Gasteiger partial charge >= 0.3 is 12.4 Å². The van der Waals surface area contributed by atoms with Crippen molar-refractivity contribution in [2.45, 2.75) is 12.4 Å². The van der Waals surface area contributed by atoms with Crippen LogP contribution in [-0.2, 0) is 12.4 Å². The van der Waals surface area contributed by atoms with Crippen LogP contribution in [0.4, 0.5) is 26.3 Å². The summed E-state index contributed by atoms with van der Waals surface area (Å²) in [5.41, 5.74) is 0. The van der Waals surface area contributed by atoms with E-state index in [-0.39, 0.29) is 18.9 Å². The number of halogens is 6. The molecule has 0 aliphatic carbocycles. The van der Waals surface area contributed by atoms with E-state index in [1.807, 2.05) is 0 Å². The van der Waals surface area contributed by atoms with Gasteiger partial charge in [-0.15, -0.1) is 5.10 Å². The second kappa shape index (κ2) is 3.82. The van der Waals surface area contributed by atoms with Gasteiger partial charge < -0.3 is 0 Å². The summed E-state index contributed by atoms with van der Waals surface area (Å²) < 4.78 is 70.1. The average Bonchev–Trinajstić information content (AvgIpc) is 2.28. The Morgan fingerprint density at radius 1 is 0.929 bits per heavy atom. The molecule has 14 heavy (non-hydrogen) atoms. The Bertz CT molecular complexity index is 272. The summed E-state index contributed by atoms with van der Waals surface area (Å²) in [6.07, 6.45) is -9.92. The zero-order valence-corrected chi connectivity index (χ0v) is 6.66. The van der Waals surface area contributed by atoms with Crippen molar-refractivity contribution >= 4 is 18.9 Å². The van der Waals surface area contributed by atoms with Crippen LogP contribution in [0.2, 0.25) is 0 Å². The summed E-state index contributed by atoms with van der Waals surface area (Å²) in [6, 6.07) is 0. The summed E-state index contributed by atoms with van der Waals surface area (Å²) in [4.78, 5) is 2.24. The van der Waals surface area contributed by atoms with Gasteiger partial charge in [0.1, 0.15) is 0 Å². The standard InChI is InChI=1S/C4HF6N3.Li/c5-3(6,7)1-11-2(13-12-1)4(8,9)10;/h(H,11,12,13);. The minimum Gasteiger partial charge on any atom is -0.255 e. The van der Waals surface area contributed by atoms with Crippen molar-refractivity contribution in [1.82, 2.24) is 15.2 Å². The fourth-order valence-corrected chi connectivity index (χ4v) is 0.515. The smallest absolute Gasteiger partial charge is 0.255 e. The van der Waals surface area contributed by atoms with E-state index in [0.717, 1.165) is 5.10 Å². The van der Waals surface area contributed by atoms with Crippen LogP contribution in [0.15, 0.2) is 0 Å².